The van der Waals surface area contributed by atoms with Crippen LogP contribution in [0.1, 0.15) is 38.7 Å². The lowest BCUT2D eigenvalue weighted by Gasteiger charge is -2.30. The highest BCUT2D eigenvalue weighted by molar-refractivity contribution is 7.89. The third kappa shape index (κ3) is 2.64. The first-order chi connectivity index (χ1) is 11.8. The van der Waals surface area contributed by atoms with Gasteiger partial charge in [0.25, 0.3) is 10.0 Å². The standard InChI is InChI=1S/C20H26N2O2S/c1-13-7-9-14(10-8-13)25(23,24)22-21-18-12-11-17-19(18)15-5-4-6-16(15)20(17,2)3/h4,6-10,15-17,19,22H,5,11-12H2,1-3H3/b21-18+/t15-,16+,17+,19+/m1/s1. The van der Waals surface area contributed by atoms with Gasteiger partial charge in [-0.25, -0.2) is 4.83 Å². The lowest BCUT2D eigenvalue weighted by atomic mass is 9.74. The minimum absolute atomic E-state index is 0.268. The molecule has 0 unspecified atom stereocenters. The highest BCUT2D eigenvalue weighted by atomic mass is 32.2. The lowest BCUT2D eigenvalue weighted by molar-refractivity contribution is 0.204. The van der Waals surface area contributed by atoms with Gasteiger partial charge in [0.2, 0.25) is 0 Å². The second kappa shape index (κ2) is 5.70. The molecule has 0 amide bonds. The average Bonchev–Trinajstić information content (AvgIpc) is 3.23. The first-order valence-electron chi connectivity index (χ1n) is 9.12. The molecule has 0 saturated heterocycles. The Hall–Kier alpha value is -1.62. The number of benzene rings is 1. The Balaban J connectivity index is 1.58. The van der Waals surface area contributed by atoms with Crippen LogP contribution in [0.4, 0.5) is 0 Å². The Morgan fingerprint density at radius 3 is 2.64 bits per heavy atom. The van der Waals surface area contributed by atoms with Crippen molar-refractivity contribution in [3.8, 4) is 0 Å². The molecular formula is C20H26N2O2S. The summed E-state index contributed by atoms with van der Waals surface area (Å²) in [7, 11) is -3.60. The molecule has 0 heterocycles. The quantitative estimate of drug-likeness (QED) is 0.658. The number of nitrogens with zero attached hydrogens (tertiary/aromatic N) is 1. The summed E-state index contributed by atoms with van der Waals surface area (Å²) in [5, 5.41) is 4.41. The van der Waals surface area contributed by atoms with Crippen molar-refractivity contribution in [2.75, 3.05) is 0 Å². The lowest BCUT2D eigenvalue weighted by Crippen LogP contribution is -2.25. The molecule has 25 heavy (non-hydrogen) atoms. The van der Waals surface area contributed by atoms with Crippen molar-refractivity contribution in [1.29, 1.82) is 0 Å². The number of hydrogen-bond donors (Lipinski definition) is 1. The second-order valence-corrected chi connectivity index (χ2v) is 10.0. The van der Waals surface area contributed by atoms with Crippen LogP contribution < -0.4 is 4.83 Å². The Labute approximate surface area is 150 Å². The highest BCUT2D eigenvalue weighted by Crippen LogP contribution is 2.62. The number of hydrazone groups is 1. The van der Waals surface area contributed by atoms with E-state index in [1.165, 1.54) is 0 Å². The molecular weight excluding hydrogens is 332 g/mol. The molecule has 1 N–H and O–H groups in total. The molecule has 3 aliphatic rings. The van der Waals surface area contributed by atoms with E-state index in [4.69, 9.17) is 0 Å². The van der Waals surface area contributed by atoms with Crippen molar-refractivity contribution >= 4 is 15.7 Å². The molecule has 134 valence electrons. The number of rotatable bonds is 3. The monoisotopic (exact) mass is 358 g/mol. The first-order valence-corrected chi connectivity index (χ1v) is 10.6. The van der Waals surface area contributed by atoms with Crippen molar-refractivity contribution in [2.45, 2.75) is 44.9 Å². The summed E-state index contributed by atoms with van der Waals surface area (Å²) in [4.78, 5) is 2.76. The van der Waals surface area contributed by atoms with E-state index in [9.17, 15) is 8.42 Å². The molecule has 0 spiro atoms. The molecule has 1 aromatic rings. The maximum atomic E-state index is 12.5. The molecule has 2 saturated carbocycles. The number of fused-ring (bicyclic) bond motifs is 3. The van der Waals surface area contributed by atoms with E-state index < -0.39 is 10.0 Å². The molecule has 0 aliphatic heterocycles. The fraction of sp³-hybridized carbons (Fsp3) is 0.550. The Morgan fingerprint density at radius 2 is 1.92 bits per heavy atom. The van der Waals surface area contributed by atoms with Crippen molar-refractivity contribution in [1.82, 2.24) is 4.83 Å². The maximum absolute atomic E-state index is 12.5. The highest BCUT2D eigenvalue weighted by Gasteiger charge is 2.58. The predicted molar refractivity (Wildman–Crippen MR) is 99.7 cm³/mol. The van der Waals surface area contributed by atoms with Crippen LogP contribution in [0.25, 0.3) is 0 Å². The first kappa shape index (κ1) is 16.8. The van der Waals surface area contributed by atoms with Gasteiger partial charge in [-0.1, -0.05) is 43.7 Å². The van der Waals surface area contributed by atoms with Gasteiger partial charge in [-0.3, -0.25) is 0 Å². The molecule has 4 rings (SSSR count). The van der Waals surface area contributed by atoms with Gasteiger partial charge in [-0.15, -0.1) is 0 Å². The van der Waals surface area contributed by atoms with Gasteiger partial charge in [0.15, 0.2) is 0 Å². The van der Waals surface area contributed by atoms with E-state index in [-0.39, 0.29) is 10.3 Å². The maximum Gasteiger partial charge on any atom is 0.276 e. The van der Waals surface area contributed by atoms with E-state index in [0.717, 1.165) is 30.5 Å². The van der Waals surface area contributed by atoms with Gasteiger partial charge in [0.1, 0.15) is 0 Å². The van der Waals surface area contributed by atoms with Gasteiger partial charge in [0, 0.05) is 11.6 Å². The fourth-order valence-electron chi connectivity index (χ4n) is 5.37. The summed E-state index contributed by atoms with van der Waals surface area (Å²) in [6.07, 6.45) is 7.78. The Bertz CT molecular complexity index is 837. The van der Waals surface area contributed by atoms with E-state index in [0.29, 0.717) is 23.7 Å². The zero-order valence-electron chi connectivity index (χ0n) is 15.1. The van der Waals surface area contributed by atoms with E-state index in [1.807, 2.05) is 19.1 Å². The molecule has 5 heteroatoms. The van der Waals surface area contributed by atoms with Crippen molar-refractivity contribution in [2.24, 2.45) is 34.2 Å². The molecule has 4 nitrogen and oxygen atoms in total. The summed E-state index contributed by atoms with van der Waals surface area (Å²) < 4.78 is 25.0. The largest absolute Gasteiger partial charge is 0.276 e. The molecule has 0 aromatic heterocycles. The van der Waals surface area contributed by atoms with Gasteiger partial charge in [-0.2, -0.15) is 13.5 Å². The van der Waals surface area contributed by atoms with Crippen LogP contribution in [0.3, 0.4) is 0 Å². The summed E-state index contributed by atoms with van der Waals surface area (Å²) >= 11 is 0. The normalized spacial score (nSPS) is 34.3. The zero-order valence-corrected chi connectivity index (χ0v) is 15.9. The van der Waals surface area contributed by atoms with Crippen LogP contribution in [0.5, 0.6) is 0 Å². The van der Waals surface area contributed by atoms with Crippen LogP contribution >= 0.6 is 0 Å². The van der Waals surface area contributed by atoms with Crippen LogP contribution in [0.2, 0.25) is 0 Å². The van der Waals surface area contributed by atoms with Gasteiger partial charge in [-0.05, 0) is 61.5 Å². The van der Waals surface area contributed by atoms with Crippen LogP contribution in [-0.4, -0.2) is 14.1 Å². The molecule has 3 aliphatic carbocycles. The number of aryl methyl sites for hydroxylation is 1. The van der Waals surface area contributed by atoms with Crippen molar-refractivity contribution in [3.05, 3.63) is 42.0 Å². The van der Waals surface area contributed by atoms with Crippen molar-refractivity contribution < 1.29 is 8.42 Å². The number of hydrogen-bond acceptors (Lipinski definition) is 3. The zero-order chi connectivity index (χ0) is 17.8. The Morgan fingerprint density at radius 1 is 1.20 bits per heavy atom. The topological polar surface area (TPSA) is 58.5 Å². The van der Waals surface area contributed by atoms with Gasteiger partial charge >= 0.3 is 0 Å². The minimum Gasteiger partial charge on any atom is -0.200 e. The number of allylic oxidation sites excluding steroid dienone is 2. The minimum atomic E-state index is -3.60. The van der Waals surface area contributed by atoms with Crippen molar-refractivity contribution in [3.63, 3.8) is 0 Å². The van der Waals surface area contributed by atoms with Crippen LogP contribution in [-0.2, 0) is 10.0 Å². The van der Waals surface area contributed by atoms with Crippen LogP contribution in [0, 0.1) is 36.0 Å². The summed E-state index contributed by atoms with van der Waals surface area (Å²) in [6, 6.07) is 6.87. The van der Waals surface area contributed by atoms with Gasteiger partial charge < -0.3 is 0 Å². The smallest absolute Gasteiger partial charge is 0.200 e. The SMILES string of the molecule is Cc1ccc(S(=O)(=O)N/N=C2\CC[C@H]3[C@@H]2[C@@H]2CC=C[C@@H]2C3(C)C)cc1. The fourth-order valence-corrected chi connectivity index (χ4v) is 6.21. The molecule has 1 aromatic carbocycles. The molecule has 2 fully saturated rings. The molecule has 4 atom stereocenters. The number of sulfonamides is 1. The summed E-state index contributed by atoms with van der Waals surface area (Å²) in [5.41, 5.74) is 2.36. The predicted octanol–water partition coefficient (Wildman–Crippen LogP) is 3.89. The van der Waals surface area contributed by atoms with Crippen LogP contribution in [0.15, 0.2) is 46.4 Å². The van der Waals surface area contributed by atoms with E-state index in [2.05, 4.69) is 35.9 Å². The molecule has 0 radical (unpaired) electrons. The van der Waals surface area contributed by atoms with E-state index in [1.54, 1.807) is 12.1 Å². The third-order valence-corrected chi connectivity index (χ3v) is 7.88. The number of nitrogens with one attached hydrogen (secondary N) is 1. The average molecular weight is 359 g/mol. The van der Waals surface area contributed by atoms with Gasteiger partial charge in [0.05, 0.1) is 4.90 Å². The summed E-state index contributed by atoms with van der Waals surface area (Å²) in [6.45, 7) is 6.67. The Kier molecular flexibility index (Phi) is 3.83. The molecule has 0 bridgehead atoms. The third-order valence-electron chi connectivity index (χ3n) is 6.66. The summed E-state index contributed by atoms with van der Waals surface area (Å²) in [5.74, 6) is 2.21. The second-order valence-electron chi connectivity index (χ2n) is 8.36. The van der Waals surface area contributed by atoms with E-state index >= 15 is 0 Å².